The summed E-state index contributed by atoms with van der Waals surface area (Å²) < 4.78 is 10.4. The highest BCUT2D eigenvalue weighted by Crippen LogP contribution is 2.19. The summed E-state index contributed by atoms with van der Waals surface area (Å²) in [6.07, 6.45) is 2.66. The number of carboxylic acids is 1. The molecule has 0 aliphatic carbocycles. The van der Waals surface area contributed by atoms with Crippen molar-refractivity contribution in [2.45, 2.75) is 13.5 Å². The second-order valence-electron chi connectivity index (χ2n) is 3.37. The Morgan fingerprint density at radius 3 is 2.82 bits per heavy atom. The van der Waals surface area contributed by atoms with Crippen molar-refractivity contribution in [1.29, 1.82) is 0 Å². The molecule has 0 bridgehead atoms. The zero-order valence-corrected chi connectivity index (χ0v) is 9.97. The third-order valence-electron chi connectivity index (χ3n) is 2.22. The predicted molar refractivity (Wildman–Crippen MR) is 65.0 cm³/mol. The van der Waals surface area contributed by atoms with Crippen LogP contribution in [0.3, 0.4) is 0 Å². The van der Waals surface area contributed by atoms with E-state index < -0.39 is 5.97 Å². The second kappa shape index (κ2) is 6.70. The van der Waals surface area contributed by atoms with Gasteiger partial charge in [0.25, 0.3) is 0 Å². The maximum absolute atomic E-state index is 10.5. The number of ether oxygens (including phenoxy) is 2. The molecule has 0 heterocycles. The molecule has 0 spiro atoms. The van der Waals surface area contributed by atoms with Crippen LogP contribution >= 0.6 is 0 Å². The topological polar surface area (TPSA) is 55.8 Å². The molecule has 0 amide bonds. The Kier molecular flexibility index (Phi) is 5.23. The van der Waals surface area contributed by atoms with Gasteiger partial charge in [0, 0.05) is 12.7 Å². The van der Waals surface area contributed by atoms with Crippen molar-refractivity contribution < 1.29 is 19.4 Å². The molecule has 0 saturated carbocycles. The summed E-state index contributed by atoms with van der Waals surface area (Å²) in [5, 5.41) is 8.60. The third kappa shape index (κ3) is 4.28. The van der Waals surface area contributed by atoms with Crippen LogP contribution in [0.2, 0.25) is 0 Å². The molecule has 0 saturated heterocycles. The fraction of sp³-hybridized carbons (Fsp3) is 0.308. The molecule has 0 unspecified atom stereocenters. The minimum atomic E-state index is -0.969. The van der Waals surface area contributed by atoms with Crippen LogP contribution in [0.4, 0.5) is 0 Å². The molecule has 92 valence electrons. The Bertz CT molecular complexity index is 410. The minimum absolute atomic E-state index is 0.437. The van der Waals surface area contributed by atoms with E-state index in [1.807, 2.05) is 19.1 Å². The van der Waals surface area contributed by atoms with Crippen molar-refractivity contribution in [2.75, 3.05) is 13.7 Å². The summed E-state index contributed by atoms with van der Waals surface area (Å²) in [6.45, 7) is 2.96. The van der Waals surface area contributed by atoms with Gasteiger partial charge in [-0.3, -0.25) is 0 Å². The second-order valence-corrected chi connectivity index (χ2v) is 3.37. The number of rotatable bonds is 6. The summed E-state index contributed by atoms with van der Waals surface area (Å²) in [4.78, 5) is 10.5. The molecule has 4 nitrogen and oxygen atoms in total. The van der Waals surface area contributed by atoms with Crippen molar-refractivity contribution in [3.63, 3.8) is 0 Å². The van der Waals surface area contributed by atoms with Crippen molar-refractivity contribution in [3.05, 3.63) is 35.4 Å². The lowest BCUT2D eigenvalue weighted by Crippen LogP contribution is -1.96. The van der Waals surface area contributed by atoms with Crippen LogP contribution in [0, 0.1) is 0 Å². The molecular weight excluding hydrogens is 220 g/mol. The Balaban J connectivity index is 2.97. The Morgan fingerprint density at radius 1 is 1.47 bits per heavy atom. The summed E-state index contributed by atoms with van der Waals surface area (Å²) in [5.74, 6) is -0.240. The molecule has 4 heteroatoms. The Hall–Kier alpha value is -1.81. The number of hydrogen-bond acceptors (Lipinski definition) is 3. The molecule has 1 aromatic carbocycles. The maximum atomic E-state index is 10.5. The zero-order chi connectivity index (χ0) is 12.7. The lowest BCUT2D eigenvalue weighted by molar-refractivity contribution is -0.131. The van der Waals surface area contributed by atoms with E-state index in [-0.39, 0.29) is 0 Å². The summed E-state index contributed by atoms with van der Waals surface area (Å²) in [6, 6.07) is 5.45. The first-order chi connectivity index (χ1) is 8.17. The maximum Gasteiger partial charge on any atom is 0.328 e. The van der Waals surface area contributed by atoms with Crippen LogP contribution < -0.4 is 4.74 Å². The third-order valence-corrected chi connectivity index (χ3v) is 2.22. The Labute approximate surface area is 100 Å². The van der Waals surface area contributed by atoms with Crippen LogP contribution in [0.25, 0.3) is 6.08 Å². The number of benzene rings is 1. The zero-order valence-electron chi connectivity index (χ0n) is 9.97. The standard InChI is InChI=1S/C13H16O4/c1-3-17-9-11-8-12(16-2)6-4-10(11)5-7-13(14)15/h4-8H,3,9H2,1-2H3,(H,14,15)/b7-5+. The number of hydrogen-bond donors (Lipinski definition) is 1. The number of methoxy groups -OCH3 is 1. The van der Waals surface area contributed by atoms with E-state index in [2.05, 4.69) is 0 Å². The number of aliphatic carboxylic acids is 1. The van der Waals surface area contributed by atoms with Crippen molar-refractivity contribution >= 4 is 12.0 Å². The van der Waals surface area contributed by atoms with Gasteiger partial charge in [-0.05, 0) is 36.3 Å². The normalized spacial score (nSPS) is 10.7. The summed E-state index contributed by atoms with van der Waals surface area (Å²) >= 11 is 0. The molecule has 0 aromatic heterocycles. The van der Waals surface area contributed by atoms with Gasteiger partial charge in [0.15, 0.2) is 0 Å². The van der Waals surface area contributed by atoms with Gasteiger partial charge in [0.2, 0.25) is 0 Å². The van der Waals surface area contributed by atoms with E-state index in [1.54, 1.807) is 19.3 Å². The van der Waals surface area contributed by atoms with E-state index in [0.717, 1.165) is 23.0 Å². The van der Waals surface area contributed by atoms with Crippen LogP contribution in [-0.2, 0) is 16.1 Å². The molecule has 17 heavy (non-hydrogen) atoms. The summed E-state index contributed by atoms with van der Waals surface area (Å²) in [7, 11) is 1.59. The molecule has 1 rings (SSSR count). The number of carbonyl (C=O) groups is 1. The molecule has 0 aliphatic rings. The van der Waals surface area contributed by atoms with E-state index in [1.165, 1.54) is 0 Å². The fourth-order valence-electron chi connectivity index (χ4n) is 1.37. The van der Waals surface area contributed by atoms with Gasteiger partial charge >= 0.3 is 5.97 Å². The van der Waals surface area contributed by atoms with E-state index in [9.17, 15) is 4.79 Å². The Morgan fingerprint density at radius 2 is 2.24 bits per heavy atom. The molecule has 0 aliphatic heterocycles. The SMILES string of the molecule is CCOCc1cc(OC)ccc1/C=C/C(=O)O. The first-order valence-corrected chi connectivity index (χ1v) is 5.33. The van der Waals surface area contributed by atoms with Gasteiger partial charge in [-0.25, -0.2) is 4.79 Å². The molecule has 1 N–H and O–H groups in total. The molecule has 0 atom stereocenters. The van der Waals surface area contributed by atoms with Gasteiger partial charge in [0.05, 0.1) is 13.7 Å². The quantitative estimate of drug-likeness (QED) is 0.770. The smallest absolute Gasteiger partial charge is 0.328 e. The highest BCUT2D eigenvalue weighted by atomic mass is 16.5. The highest BCUT2D eigenvalue weighted by molar-refractivity contribution is 5.85. The average Bonchev–Trinajstić information content (AvgIpc) is 2.34. The van der Waals surface area contributed by atoms with Crippen LogP contribution in [0.1, 0.15) is 18.1 Å². The van der Waals surface area contributed by atoms with E-state index >= 15 is 0 Å². The van der Waals surface area contributed by atoms with Crippen LogP contribution in [-0.4, -0.2) is 24.8 Å². The first-order valence-electron chi connectivity index (χ1n) is 5.33. The number of carboxylic acid groups (broad SMARTS) is 1. The molecule has 0 radical (unpaired) electrons. The first kappa shape index (κ1) is 13.3. The van der Waals surface area contributed by atoms with Crippen LogP contribution in [0.15, 0.2) is 24.3 Å². The lowest BCUT2D eigenvalue weighted by Gasteiger charge is -2.08. The van der Waals surface area contributed by atoms with Crippen molar-refractivity contribution in [2.24, 2.45) is 0 Å². The van der Waals surface area contributed by atoms with Crippen molar-refractivity contribution in [1.82, 2.24) is 0 Å². The fourth-order valence-corrected chi connectivity index (χ4v) is 1.37. The molecule has 1 aromatic rings. The lowest BCUT2D eigenvalue weighted by atomic mass is 10.1. The molecule has 0 fully saturated rings. The van der Waals surface area contributed by atoms with Gasteiger partial charge in [-0.15, -0.1) is 0 Å². The van der Waals surface area contributed by atoms with Gasteiger partial charge in [0.1, 0.15) is 5.75 Å². The predicted octanol–water partition coefficient (Wildman–Crippen LogP) is 2.33. The van der Waals surface area contributed by atoms with E-state index in [0.29, 0.717) is 13.2 Å². The largest absolute Gasteiger partial charge is 0.497 e. The summed E-state index contributed by atoms with van der Waals surface area (Å²) in [5.41, 5.74) is 1.73. The van der Waals surface area contributed by atoms with Gasteiger partial charge in [-0.2, -0.15) is 0 Å². The van der Waals surface area contributed by atoms with E-state index in [4.69, 9.17) is 14.6 Å². The molecular formula is C13H16O4. The highest BCUT2D eigenvalue weighted by Gasteiger charge is 2.03. The monoisotopic (exact) mass is 236 g/mol. The average molecular weight is 236 g/mol. The minimum Gasteiger partial charge on any atom is -0.497 e. The van der Waals surface area contributed by atoms with Gasteiger partial charge in [-0.1, -0.05) is 6.07 Å². The van der Waals surface area contributed by atoms with Gasteiger partial charge < -0.3 is 14.6 Å². The van der Waals surface area contributed by atoms with Crippen LogP contribution in [0.5, 0.6) is 5.75 Å². The van der Waals surface area contributed by atoms with Crippen molar-refractivity contribution in [3.8, 4) is 5.75 Å².